The molecule has 2 atom stereocenters. The molecule has 1 saturated carbocycles. The molecule has 1 aliphatic carbocycles. The van der Waals surface area contributed by atoms with Gasteiger partial charge < -0.3 is 10.6 Å². The fourth-order valence-electron chi connectivity index (χ4n) is 2.81. The number of rotatable bonds is 3. The van der Waals surface area contributed by atoms with Crippen LogP contribution in [0, 0.1) is 12.8 Å². The van der Waals surface area contributed by atoms with E-state index in [9.17, 15) is 4.79 Å². The summed E-state index contributed by atoms with van der Waals surface area (Å²) < 4.78 is 0. The predicted molar refractivity (Wildman–Crippen MR) is 84.8 cm³/mol. The zero-order valence-corrected chi connectivity index (χ0v) is 13.2. The van der Waals surface area contributed by atoms with Crippen molar-refractivity contribution in [2.24, 2.45) is 11.7 Å². The highest BCUT2D eigenvalue weighted by Gasteiger charge is 2.27. The van der Waals surface area contributed by atoms with Gasteiger partial charge in [0.15, 0.2) is 0 Å². The lowest BCUT2D eigenvalue weighted by Gasteiger charge is -2.29. The van der Waals surface area contributed by atoms with Gasteiger partial charge >= 0.3 is 0 Å². The van der Waals surface area contributed by atoms with Crippen molar-refractivity contribution in [3.63, 3.8) is 0 Å². The van der Waals surface area contributed by atoms with Gasteiger partial charge in [-0.1, -0.05) is 36.2 Å². The van der Waals surface area contributed by atoms with Gasteiger partial charge in [-0.05, 0) is 31.7 Å². The Hall–Kier alpha value is -1.06. The Morgan fingerprint density at radius 3 is 2.55 bits per heavy atom. The maximum Gasteiger partial charge on any atom is 0.225 e. The molecule has 0 bridgehead atoms. The summed E-state index contributed by atoms with van der Waals surface area (Å²) in [4.78, 5) is 14.2. The maximum atomic E-state index is 12.4. The van der Waals surface area contributed by atoms with Crippen molar-refractivity contribution in [1.29, 1.82) is 0 Å². The minimum Gasteiger partial charge on any atom is -0.341 e. The van der Waals surface area contributed by atoms with Gasteiger partial charge in [0.25, 0.3) is 0 Å². The first-order valence-corrected chi connectivity index (χ1v) is 7.12. The molecule has 2 unspecified atom stereocenters. The number of benzene rings is 1. The van der Waals surface area contributed by atoms with Crippen LogP contribution in [0.1, 0.15) is 36.8 Å². The summed E-state index contributed by atoms with van der Waals surface area (Å²) in [5.41, 5.74) is 8.39. The summed E-state index contributed by atoms with van der Waals surface area (Å²) in [5, 5.41) is 0. The second-order valence-electron chi connectivity index (χ2n) is 5.80. The molecule has 2 N–H and O–H groups in total. The van der Waals surface area contributed by atoms with E-state index in [1.165, 1.54) is 11.1 Å². The molecule has 0 saturated heterocycles. The smallest absolute Gasteiger partial charge is 0.225 e. The van der Waals surface area contributed by atoms with Crippen LogP contribution in [0.3, 0.4) is 0 Å². The Morgan fingerprint density at radius 1 is 1.30 bits per heavy atom. The predicted octanol–water partition coefficient (Wildman–Crippen LogP) is 2.89. The topological polar surface area (TPSA) is 46.3 Å². The highest BCUT2D eigenvalue weighted by Crippen LogP contribution is 2.25. The molecular weight excluding hydrogens is 272 g/mol. The Morgan fingerprint density at radius 2 is 1.95 bits per heavy atom. The lowest BCUT2D eigenvalue weighted by Crippen LogP contribution is -2.38. The zero-order chi connectivity index (χ0) is 13.8. The van der Waals surface area contributed by atoms with Crippen LogP contribution in [0.5, 0.6) is 0 Å². The molecule has 0 spiro atoms. The molecule has 0 aliphatic heterocycles. The SMILES string of the molecule is Cc1ccc(CN(C)C(=O)C2CCCC(N)C2)cc1.Cl. The van der Waals surface area contributed by atoms with E-state index in [0.717, 1.165) is 25.7 Å². The molecule has 0 heterocycles. The molecule has 4 heteroatoms. The third-order valence-corrected chi connectivity index (χ3v) is 3.98. The fraction of sp³-hybridized carbons (Fsp3) is 0.562. The summed E-state index contributed by atoms with van der Waals surface area (Å²) in [7, 11) is 1.89. The molecule has 0 aromatic heterocycles. The molecule has 1 aromatic carbocycles. The van der Waals surface area contributed by atoms with Gasteiger partial charge in [0.2, 0.25) is 5.91 Å². The van der Waals surface area contributed by atoms with Crippen LogP contribution in [0.25, 0.3) is 0 Å². The van der Waals surface area contributed by atoms with Crippen LogP contribution >= 0.6 is 12.4 Å². The Bertz CT molecular complexity index is 433. The third-order valence-electron chi connectivity index (χ3n) is 3.98. The van der Waals surface area contributed by atoms with Crippen molar-refractivity contribution in [1.82, 2.24) is 4.90 Å². The van der Waals surface area contributed by atoms with Gasteiger partial charge in [-0.2, -0.15) is 0 Å². The van der Waals surface area contributed by atoms with E-state index < -0.39 is 0 Å². The van der Waals surface area contributed by atoms with Crippen molar-refractivity contribution >= 4 is 18.3 Å². The number of aryl methyl sites for hydroxylation is 1. The lowest BCUT2D eigenvalue weighted by atomic mass is 9.85. The van der Waals surface area contributed by atoms with E-state index in [4.69, 9.17) is 5.73 Å². The minimum absolute atomic E-state index is 0. The van der Waals surface area contributed by atoms with Crippen LogP contribution in [-0.2, 0) is 11.3 Å². The number of amides is 1. The van der Waals surface area contributed by atoms with E-state index >= 15 is 0 Å². The average molecular weight is 297 g/mol. The Kier molecular flexibility index (Phi) is 6.50. The van der Waals surface area contributed by atoms with Crippen LogP contribution < -0.4 is 5.73 Å². The summed E-state index contributed by atoms with van der Waals surface area (Å²) in [6.07, 6.45) is 3.98. The molecule has 1 amide bonds. The Labute approximate surface area is 127 Å². The molecule has 2 rings (SSSR count). The lowest BCUT2D eigenvalue weighted by molar-refractivity contribution is -0.135. The quantitative estimate of drug-likeness (QED) is 0.932. The molecule has 1 fully saturated rings. The first-order chi connectivity index (χ1) is 9.06. The van der Waals surface area contributed by atoms with Crippen molar-refractivity contribution in [3.05, 3.63) is 35.4 Å². The fourth-order valence-corrected chi connectivity index (χ4v) is 2.81. The van der Waals surface area contributed by atoms with E-state index in [2.05, 4.69) is 31.2 Å². The summed E-state index contributed by atoms with van der Waals surface area (Å²) >= 11 is 0. The summed E-state index contributed by atoms with van der Waals surface area (Å²) in [5.74, 6) is 0.370. The number of carbonyl (C=O) groups is 1. The van der Waals surface area contributed by atoms with Crippen LogP contribution in [0.15, 0.2) is 24.3 Å². The van der Waals surface area contributed by atoms with Gasteiger partial charge in [0, 0.05) is 25.6 Å². The number of halogens is 1. The highest BCUT2D eigenvalue weighted by atomic mass is 35.5. The molecule has 3 nitrogen and oxygen atoms in total. The molecule has 20 heavy (non-hydrogen) atoms. The average Bonchev–Trinajstić information content (AvgIpc) is 2.40. The second kappa shape index (κ2) is 7.65. The standard InChI is InChI=1S/C16H24N2O.ClH/c1-12-6-8-13(9-7-12)11-18(2)16(19)14-4-3-5-15(17)10-14;/h6-9,14-15H,3-5,10-11,17H2,1-2H3;1H. The highest BCUT2D eigenvalue weighted by molar-refractivity contribution is 5.85. The first-order valence-electron chi connectivity index (χ1n) is 7.12. The van der Waals surface area contributed by atoms with Crippen LogP contribution in [0.2, 0.25) is 0 Å². The molecular formula is C16H25ClN2O. The van der Waals surface area contributed by atoms with E-state index in [1.54, 1.807) is 0 Å². The second-order valence-corrected chi connectivity index (χ2v) is 5.80. The largest absolute Gasteiger partial charge is 0.341 e. The van der Waals surface area contributed by atoms with E-state index in [1.807, 2.05) is 11.9 Å². The van der Waals surface area contributed by atoms with Gasteiger partial charge in [-0.3, -0.25) is 4.79 Å². The van der Waals surface area contributed by atoms with Gasteiger partial charge in [-0.25, -0.2) is 0 Å². The van der Waals surface area contributed by atoms with E-state index in [-0.39, 0.29) is 30.3 Å². The number of hydrogen-bond donors (Lipinski definition) is 1. The minimum atomic E-state index is 0. The van der Waals surface area contributed by atoms with Crippen LogP contribution in [0.4, 0.5) is 0 Å². The molecule has 112 valence electrons. The number of hydrogen-bond acceptors (Lipinski definition) is 2. The van der Waals surface area contributed by atoms with Crippen molar-refractivity contribution in [2.75, 3.05) is 7.05 Å². The normalized spacial score (nSPS) is 21.9. The maximum absolute atomic E-state index is 12.4. The van der Waals surface area contributed by atoms with Crippen LogP contribution in [-0.4, -0.2) is 23.9 Å². The van der Waals surface area contributed by atoms with Gasteiger partial charge in [0.1, 0.15) is 0 Å². The monoisotopic (exact) mass is 296 g/mol. The van der Waals surface area contributed by atoms with Crippen molar-refractivity contribution < 1.29 is 4.79 Å². The number of carbonyl (C=O) groups excluding carboxylic acids is 1. The zero-order valence-electron chi connectivity index (χ0n) is 12.3. The number of nitrogens with zero attached hydrogens (tertiary/aromatic N) is 1. The molecule has 0 radical (unpaired) electrons. The van der Waals surface area contributed by atoms with Crippen molar-refractivity contribution in [2.45, 2.75) is 45.2 Å². The first kappa shape index (κ1) is 17.0. The summed E-state index contributed by atoms with van der Waals surface area (Å²) in [6.45, 7) is 2.76. The molecule has 1 aromatic rings. The third kappa shape index (κ3) is 4.50. The van der Waals surface area contributed by atoms with E-state index in [0.29, 0.717) is 6.54 Å². The van der Waals surface area contributed by atoms with Gasteiger partial charge in [0.05, 0.1) is 0 Å². The molecule has 1 aliphatic rings. The van der Waals surface area contributed by atoms with Gasteiger partial charge in [-0.15, -0.1) is 12.4 Å². The summed E-state index contributed by atoms with van der Waals surface area (Å²) in [6, 6.07) is 8.56. The number of nitrogens with two attached hydrogens (primary N) is 1. The van der Waals surface area contributed by atoms with Crippen molar-refractivity contribution in [3.8, 4) is 0 Å². The Balaban J connectivity index is 0.00000200.